The molecule has 2 amide bonds. The molecule has 1 fully saturated rings. The van der Waals surface area contributed by atoms with Gasteiger partial charge in [-0.25, -0.2) is 0 Å². The summed E-state index contributed by atoms with van der Waals surface area (Å²) in [4.78, 5) is 24.3. The van der Waals surface area contributed by atoms with Crippen molar-refractivity contribution in [3.8, 4) is 5.75 Å². The molecule has 1 heterocycles. The summed E-state index contributed by atoms with van der Waals surface area (Å²) in [7, 11) is 0. The van der Waals surface area contributed by atoms with E-state index in [1.807, 2.05) is 6.92 Å². The average Bonchev–Trinajstić information content (AvgIpc) is 3.60. The highest BCUT2D eigenvalue weighted by molar-refractivity contribution is 5.96. The second-order valence-corrected chi connectivity index (χ2v) is 8.48. The molecule has 1 aromatic heterocycles. The molecule has 35 heavy (non-hydrogen) atoms. The van der Waals surface area contributed by atoms with Crippen LogP contribution < -0.4 is 15.4 Å². The van der Waals surface area contributed by atoms with Crippen LogP contribution in [-0.2, 0) is 28.8 Å². The average molecular weight is 487 g/mol. The minimum atomic E-state index is -4.71. The van der Waals surface area contributed by atoms with E-state index in [-0.39, 0.29) is 36.2 Å². The Morgan fingerprint density at radius 3 is 2.40 bits per heavy atom. The van der Waals surface area contributed by atoms with Gasteiger partial charge >= 0.3 is 6.18 Å². The molecule has 3 aromatic rings. The molecule has 2 aromatic carbocycles. The molecule has 10 heteroatoms. The minimum Gasteiger partial charge on any atom is -0.489 e. The summed E-state index contributed by atoms with van der Waals surface area (Å²) in [5.74, 6) is 0.199. The molecule has 2 N–H and O–H groups in total. The van der Waals surface area contributed by atoms with E-state index in [1.165, 1.54) is 6.07 Å². The molecular weight excluding hydrogens is 463 g/mol. The zero-order chi connectivity index (χ0) is 25.2. The van der Waals surface area contributed by atoms with Crippen molar-refractivity contribution >= 4 is 23.2 Å². The quantitative estimate of drug-likeness (QED) is 0.443. The van der Waals surface area contributed by atoms with Crippen molar-refractivity contribution < 1.29 is 32.0 Å². The zero-order valence-electron chi connectivity index (χ0n) is 19.2. The number of nitrogens with one attached hydrogen (secondary N) is 2. The Morgan fingerprint density at radius 2 is 1.80 bits per heavy atom. The van der Waals surface area contributed by atoms with Crippen molar-refractivity contribution in [1.29, 1.82) is 0 Å². The molecule has 0 unspecified atom stereocenters. The molecule has 0 bridgehead atoms. The van der Waals surface area contributed by atoms with Gasteiger partial charge in [-0.15, -0.1) is 0 Å². The number of carbonyl (C=O) groups excluding carboxylic acids is 2. The molecule has 0 atom stereocenters. The van der Waals surface area contributed by atoms with Gasteiger partial charge in [0.15, 0.2) is 0 Å². The van der Waals surface area contributed by atoms with Crippen LogP contribution in [0.5, 0.6) is 5.75 Å². The van der Waals surface area contributed by atoms with Gasteiger partial charge in [-0.3, -0.25) is 9.59 Å². The first kappa shape index (κ1) is 24.3. The summed E-state index contributed by atoms with van der Waals surface area (Å²) < 4.78 is 51.6. The highest BCUT2D eigenvalue weighted by atomic mass is 19.4. The van der Waals surface area contributed by atoms with Crippen LogP contribution in [0.4, 0.5) is 24.5 Å². The monoisotopic (exact) mass is 487 g/mol. The number of alkyl halides is 3. The molecular formula is C25H24F3N3O4. The molecule has 1 aliphatic carbocycles. The number of carbonyl (C=O) groups is 2. The number of benzene rings is 2. The lowest BCUT2D eigenvalue weighted by molar-refractivity contribution is -0.137. The highest BCUT2D eigenvalue weighted by Gasteiger charge is 2.35. The van der Waals surface area contributed by atoms with Gasteiger partial charge in [0.05, 0.1) is 28.9 Å². The summed E-state index contributed by atoms with van der Waals surface area (Å²) in [5, 5.41) is 8.70. The molecule has 7 nitrogen and oxygen atoms in total. The normalized spacial score (nSPS) is 13.4. The predicted octanol–water partition coefficient (Wildman–Crippen LogP) is 5.42. The Balaban J connectivity index is 1.38. The number of nitrogens with zero attached hydrogens (tertiary/aromatic N) is 1. The number of rotatable bonds is 8. The van der Waals surface area contributed by atoms with Crippen molar-refractivity contribution in [2.75, 3.05) is 10.6 Å². The first-order chi connectivity index (χ1) is 16.6. The molecule has 1 aliphatic rings. The van der Waals surface area contributed by atoms with Gasteiger partial charge in [-0.05, 0) is 62.6 Å². The number of ether oxygens (including phenoxy) is 1. The lowest BCUT2D eigenvalue weighted by Crippen LogP contribution is -2.19. The summed E-state index contributed by atoms with van der Waals surface area (Å²) in [6, 6.07) is 10.0. The maximum atomic E-state index is 13.6. The van der Waals surface area contributed by atoms with E-state index in [1.54, 1.807) is 31.2 Å². The van der Waals surface area contributed by atoms with E-state index < -0.39 is 17.6 Å². The Hall–Kier alpha value is -3.82. The van der Waals surface area contributed by atoms with E-state index in [0.29, 0.717) is 17.1 Å². The van der Waals surface area contributed by atoms with Gasteiger partial charge in [-0.1, -0.05) is 17.3 Å². The SMILES string of the molecule is Cc1noc(C)c1COc1ccc(CC(=O)Nc2ccc(NC(=O)C3CC3)cc2C(F)(F)F)cc1. The van der Waals surface area contributed by atoms with Gasteiger partial charge in [-0.2, -0.15) is 13.2 Å². The third-order valence-corrected chi connectivity index (χ3v) is 5.67. The Morgan fingerprint density at radius 1 is 1.09 bits per heavy atom. The number of halogens is 3. The molecule has 1 saturated carbocycles. The number of hydrogen-bond acceptors (Lipinski definition) is 5. The van der Waals surface area contributed by atoms with E-state index >= 15 is 0 Å². The molecule has 0 radical (unpaired) electrons. The van der Waals surface area contributed by atoms with Gasteiger partial charge < -0.3 is 19.9 Å². The van der Waals surface area contributed by atoms with Gasteiger partial charge in [0.2, 0.25) is 11.8 Å². The van der Waals surface area contributed by atoms with Crippen LogP contribution in [-0.4, -0.2) is 17.0 Å². The number of aryl methyl sites for hydroxylation is 2. The van der Waals surface area contributed by atoms with Crippen LogP contribution in [0.25, 0.3) is 0 Å². The summed E-state index contributed by atoms with van der Waals surface area (Å²) >= 11 is 0. The van der Waals surface area contributed by atoms with Gasteiger partial charge in [0, 0.05) is 11.6 Å². The molecule has 0 spiro atoms. The summed E-state index contributed by atoms with van der Waals surface area (Å²) in [6.07, 6.45) is -3.36. The topological polar surface area (TPSA) is 93.5 Å². The summed E-state index contributed by atoms with van der Waals surface area (Å²) in [5.41, 5.74) is 0.849. The summed E-state index contributed by atoms with van der Waals surface area (Å²) in [6.45, 7) is 3.89. The van der Waals surface area contributed by atoms with Crippen molar-refractivity contribution in [2.24, 2.45) is 5.92 Å². The third kappa shape index (κ3) is 6.20. The number of amides is 2. The fourth-order valence-corrected chi connectivity index (χ4v) is 3.50. The largest absolute Gasteiger partial charge is 0.489 e. The number of aromatic nitrogens is 1. The van der Waals surface area contributed by atoms with Gasteiger partial charge in [0.1, 0.15) is 18.1 Å². The Labute approximate surface area is 199 Å². The molecule has 4 rings (SSSR count). The fraction of sp³-hybridized carbons (Fsp3) is 0.320. The minimum absolute atomic E-state index is 0.0411. The maximum absolute atomic E-state index is 13.6. The number of hydrogen-bond donors (Lipinski definition) is 2. The van der Waals surface area contributed by atoms with Crippen molar-refractivity contribution in [1.82, 2.24) is 5.16 Å². The van der Waals surface area contributed by atoms with Crippen molar-refractivity contribution in [3.63, 3.8) is 0 Å². The third-order valence-electron chi connectivity index (χ3n) is 5.67. The van der Waals surface area contributed by atoms with Crippen LogP contribution in [0.2, 0.25) is 0 Å². The van der Waals surface area contributed by atoms with Crippen LogP contribution in [0.15, 0.2) is 47.0 Å². The van der Waals surface area contributed by atoms with E-state index in [4.69, 9.17) is 9.26 Å². The Kier molecular flexibility index (Phi) is 6.81. The lowest BCUT2D eigenvalue weighted by atomic mass is 10.1. The smallest absolute Gasteiger partial charge is 0.418 e. The molecule has 0 aliphatic heterocycles. The standard InChI is InChI=1S/C25H24F3N3O4/c1-14-20(15(2)35-31-14)13-34-19-8-3-16(4-9-19)11-23(32)30-22-10-7-18(12-21(22)25(26,27)28)29-24(33)17-5-6-17/h3-4,7-10,12,17H,5-6,11,13H2,1-2H3,(H,29,33)(H,30,32). The van der Waals surface area contributed by atoms with Gasteiger partial charge in [0.25, 0.3) is 0 Å². The zero-order valence-corrected chi connectivity index (χ0v) is 19.2. The second-order valence-electron chi connectivity index (χ2n) is 8.48. The van der Waals surface area contributed by atoms with E-state index in [0.717, 1.165) is 36.2 Å². The van der Waals surface area contributed by atoms with Crippen LogP contribution in [0.1, 0.15) is 41.0 Å². The highest BCUT2D eigenvalue weighted by Crippen LogP contribution is 2.37. The first-order valence-electron chi connectivity index (χ1n) is 11.1. The van der Waals surface area contributed by atoms with E-state index in [9.17, 15) is 22.8 Å². The maximum Gasteiger partial charge on any atom is 0.418 e. The molecule has 184 valence electrons. The van der Waals surface area contributed by atoms with Crippen LogP contribution >= 0.6 is 0 Å². The molecule has 0 saturated heterocycles. The van der Waals surface area contributed by atoms with E-state index in [2.05, 4.69) is 15.8 Å². The number of anilines is 2. The first-order valence-corrected chi connectivity index (χ1v) is 11.1. The second kappa shape index (κ2) is 9.81. The fourth-order valence-electron chi connectivity index (χ4n) is 3.50. The van der Waals surface area contributed by atoms with Crippen molar-refractivity contribution in [2.45, 2.75) is 45.9 Å². The van der Waals surface area contributed by atoms with Crippen molar-refractivity contribution in [3.05, 3.63) is 70.6 Å². The predicted molar refractivity (Wildman–Crippen MR) is 122 cm³/mol. The van der Waals surface area contributed by atoms with Crippen LogP contribution in [0.3, 0.4) is 0 Å². The lowest BCUT2D eigenvalue weighted by Gasteiger charge is -2.16. The van der Waals surface area contributed by atoms with Crippen LogP contribution in [0, 0.1) is 19.8 Å². The Bertz CT molecular complexity index is 1210.